The Morgan fingerprint density at radius 1 is 1.00 bits per heavy atom. The lowest BCUT2D eigenvalue weighted by Gasteiger charge is -2.32. The Bertz CT molecular complexity index is 920. The number of aryl methyl sites for hydroxylation is 1. The molecule has 2 aromatic carbocycles. The number of carbonyl (C=O) groups is 1. The number of anilines is 1. The highest BCUT2D eigenvalue weighted by Crippen LogP contribution is 2.46. The van der Waals surface area contributed by atoms with E-state index >= 15 is 0 Å². The maximum atomic E-state index is 13.7. The maximum Gasteiger partial charge on any atom is 0.292 e. The predicted octanol–water partition coefficient (Wildman–Crippen LogP) is 5.73. The zero-order valence-corrected chi connectivity index (χ0v) is 19.4. The summed E-state index contributed by atoms with van der Waals surface area (Å²) in [6.07, 6.45) is 7.38. The molecule has 1 spiro atoms. The van der Waals surface area contributed by atoms with Crippen LogP contribution in [0.15, 0.2) is 42.5 Å². The minimum atomic E-state index is -1.31. The highest BCUT2D eigenvalue weighted by molar-refractivity contribution is 6.06. The third-order valence-corrected chi connectivity index (χ3v) is 6.26. The number of nitrogens with zero attached hydrogens (tertiary/aromatic N) is 1. The van der Waals surface area contributed by atoms with Crippen LogP contribution in [0.1, 0.15) is 69.1 Å². The molecular formula is C27H35NO4. The van der Waals surface area contributed by atoms with E-state index in [0.717, 1.165) is 67.5 Å². The van der Waals surface area contributed by atoms with Gasteiger partial charge in [0.2, 0.25) is 0 Å². The first-order valence-electron chi connectivity index (χ1n) is 12.1. The van der Waals surface area contributed by atoms with Crippen molar-refractivity contribution in [3.8, 4) is 5.75 Å². The van der Waals surface area contributed by atoms with Crippen LogP contribution in [0.5, 0.6) is 5.75 Å². The number of ether oxygens (including phenoxy) is 3. The smallest absolute Gasteiger partial charge is 0.292 e. The molecule has 4 rings (SSSR count). The van der Waals surface area contributed by atoms with Crippen molar-refractivity contribution in [2.45, 2.75) is 71.1 Å². The van der Waals surface area contributed by atoms with Crippen LogP contribution in [-0.4, -0.2) is 25.7 Å². The monoisotopic (exact) mass is 437 g/mol. The molecule has 2 aliphatic rings. The molecule has 0 radical (unpaired) electrons. The van der Waals surface area contributed by atoms with Crippen LogP contribution in [0, 0.1) is 0 Å². The molecule has 0 saturated carbocycles. The number of para-hydroxylation sites is 1. The van der Waals surface area contributed by atoms with Gasteiger partial charge in [-0.15, -0.1) is 0 Å². The highest BCUT2D eigenvalue weighted by atomic mass is 16.7. The summed E-state index contributed by atoms with van der Waals surface area (Å²) in [5.41, 5.74) is 3.93. The molecular weight excluding hydrogens is 402 g/mol. The second kappa shape index (κ2) is 10.5. The second-order valence-corrected chi connectivity index (χ2v) is 8.68. The summed E-state index contributed by atoms with van der Waals surface area (Å²) in [6.45, 7) is 6.54. The van der Waals surface area contributed by atoms with Crippen LogP contribution in [-0.2, 0) is 33.0 Å². The van der Waals surface area contributed by atoms with Gasteiger partial charge in [-0.2, -0.15) is 0 Å². The van der Waals surface area contributed by atoms with Gasteiger partial charge in [0.25, 0.3) is 11.7 Å². The van der Waals surface area contributed by atoms with E-state index in [4.69, 9.17) is 14.2 Å². The van der Waals surface area contributed by atoms with Gasteiger partial charge in [-0.1, -0.05) is 57.4 Å². The van der Waals surface area contributed by atoms with E-state index in [-0.39, 0.29) is 5.91 Å². The predicted molar refractivity (Wildman–Crippen MR) is 126 cm³/mol. The van der Waals surface area contributed by atoms with Gasteiger partial charge >= 0.3 is 0 Å². The molecule has 1 saturated heterocycles. The molecule has 172 valence electrons. The SMILES string of the molecule is CCCCCOc1ccccc1CN1C(=O)C2(OCCCO2)c2cc(CCCC)ccc21. The van der Waals surface area contributed by atoms with Crippen molar-refractivity contribution in [3.05, 3.63) is 59.2 Å². The maximum absolute atomic E-state index is 13.7. The summed E-state index contributed by atoms with van der Waals surface area (Å²) in [5.74, 6) is -0.614. The Kier molecular flexibility index (Phi) is 7.48. The summed E-state index contributed by atoms with van der Waals surface area (Å²) >= 11 is 0. The molecule has 5 nitrogen and oxygen atoms in total. The Hall–Kier alpha value is -2.37. The standard InChI is InChI=1S/C27H35NO4/c1-3-5-9-16-30-25-13-8-7-12-22(25)20-28-24-15-14-21(11-6-4-2)19-23(24)27(26(28)29)31-17-10-18-32-27/h7-8,12-15,19H,3-6,9-11,16-18,20H2,1-2H3. The van der Waals surface area contributed by atoms with Gasteiger partial charge in [-0.05, 0) is 49.4 Å². The van der Waals surface area contributed by atoms with Crippen molar-refractivity contribution in [2.24, 2.45) is 0 Å². The molecule has 2 aromatic rings. The molecule has 32 heavy (non-hydrogen) atoms. The summed E-state index contributed by atoms with van der Waals surface area (Å²) in [6, 6.07) is 14.3. The summed E-state index contributed by atoms with van der Waals surface area (Å²) in [7, 11) is 0. The molecule has 0 unspecified atom stereocenters. The van der Waals surface area contributed by atoms with E-state index in [0.29, 0.717) is 26.4 Å². The Labute approximate surface area is 191 Å². The van der Waals surface area contributed by atoms with Crippen molar-refractivity contribution in [3.63, 3.8) is 0 Å². The second-order valence-electron chi connectivity index (χ2n) is 8.68. The largest absolute Gasteiger partial charge is 0.493 e. The quantitative estimate of drug-likeness (QED) is 0.445. The molecule has 1 fully saturated rings. The van der Waals surface area contributed by atoms with Gasteiger partial charge in [0.05, 0.1) is 32.1 Å². The van der Waals surface area contributed by atoms with Crippen LogP contribution in [0.25, 0.3) is 0 Å². The number of hydrogen-bond acceptors (Lipinski definition) is 4. The van der Waals surface area contributed by atoms with Crippen LogP contribution < -0.4 is 9.64 Å². The Morgan fingerprint density at radius 2 is 1.78 bits per heavy atom. The third kappa shape index (κ3) is 4.55. The van der Waals surface area contributed by atoms with Gasteiger partial charge in [0.1, 0.15) is 5.75 Å². The molecule has 1 amide bonds. The van der Waals surface area contributed by atoms with Gasteiger partial charge in [0.15, 0.2) is 0 Å². The van der Waals surface area contributed by atoms with Crippen LogP contribution in [0.2, 0.25) is 0 Å². The molecule has 2 aliphatic heterocycles. The van der Waals surface area contributed by atoms with E-state index in [2.05, 4.69) is 32.0 Å². The zero-order chi connectivity index (χ0) is 22.4. The fraction of sp³-hybridized carbons (Fsp3) is 0.519. The van der Waals surface area contributed by atoms with Crippen LogP contribution in [0.3, 0.4) is 0 Å². The number of rotatable bonds is 10. The fourth-order valence-electron chi connectivity index (χ4n) is 4.47. The van der Waals surface area contributed by atoms with Crippen molar-refractivity contribution >= 4 is 11.6 Å². The van der Waals surface area contributed by atoms with E-state index in [1.165, 1.54) is 5.56 Å². The minimum Gasteiger partial charge on any atom is -0.493 e. The summed E-state index contributed by atoms with van der Waals surface area (Å²) < 4.78 is 18.2. The van der Waals surface area contributed by atoms with E-state index < -0.39 is 5.79 Å². The Balaban J connectivity index is 1.63. The molecule has 2 heterocycles. The van der Waals surface area contributed by atoms with Crippen LogP contribution in [0.4, 0.5) is 5.69 Å². The topological polar surface area (TPSA) is 48.0 Å². The lowest BCUT2D eigenvalue weighted by atomic mass is 10.00. The molecule has 5 heteroatoms. The van der Waals surface area contributed by atoms with Crippen molar-refractivity contribution in [1.82, 2.24) is 0 Å². The van der Waals surface area contributed by atoms with Gasteiger partial charge in [-0.25, -0.2) is 0 Å². The fourth-order valence-corrected chi connectivity index (χ4v) is 4.47. The first kappa shape index (κ1) is 22.8. The number of hydrogen-bond donors (Lipinski definition) is 0. The number of carbonyl (C=O) groups excluding carboxylic acids is 1. The van der Waals surface area contributed by atoms with Crippen molar-refractivity contribution < 1.29 is 19.0 Å². The molecule has 0 bridgehead atoms. The van der Waals surface area contributed by atoms with E-state index in [1.807, 2.05) is 24.3 Å². The molecule has 0 atom stereocenters. The first-order chi connectivity index (χ1) is 15.7. The normalized spacial score (nSPS) is 17.1. The molecule has 0 N–H and O–H groups in total. The lowest BCUT2D eigenvalue weighted by molar-refractivity contribution is -0.256. The summed E-state index contributed by atoms with van der Waals surface area (Å²) in [5, 5.41) is 0. The number of unbranched alkanes of at least 4 members (excludes halogenated alkanes) is 3. The average molecular weight is 438 g/mol. The number of benzene rings is 2. The van der Waals surface area contributed by atoms with Gasteiger partial charge < -0.3 is 19.1 Å². The van der Waals surface area contributed by atoms with Crippen molar-refractivity contribution in [1.29, 1.82) is 0 Å². The van der Waals surface area contributed by atoms with Gasteiger partial charge in [-0.3, -0.25) is 4.79 Å². The summed E-state index contributed by atoms with van der Waals surface area (Å²) in [4.78, 5) is 15.5. The Morgan fingerprint density at radius 3 is 2.56 bits per heavy atom. The zero-order valence-electron chi connectivity index (χ0n) is 19.4. The number of amides is 1. The molecule has 0 aliphatic carbocycles. The van der Waals surface area contributed by atoms with E-state index in [1.54, 1.807) is 4.90 Å². The molecule has 0 aromatic heterocycles. The minimum absolute atomic E-state index is 0.138. The average Bonchev–Trinajstić information content (AvgIpc) is 3.04. The number of fused-ring (bicyclic) bond motifs is 2. The first-order valence-corrected chi connectivity index (χ1v) is 12.1. The third-order valence-electron chi connectivity index (χ3n) is 6.26. The lowest BCUT2D eigenvalue weighted by Crippen LogP contribution is -2.47. The van der Waals surface area contributed by atoms with Crippen molar-refractivity contribution in [2.75, 3.05) is 24.7 Å². The highest BCUT2D eigenvalue weighted by Gasteiger charge is 2.55. The van der Waals surface area contributed by atoms with Crippen LogP contribution >= 0.6 is 0 Å². The van der Waals surface area contributed by atoms with E-state index in [9.17, 15) is 4.79 Å². The van der Waals surface area contributed by atoms with Gasteiger partial charge in [0, 0.05) is 11.1 Å².